The lowest BCUT2D eigenvalue weighted by atomic mass is 10.2. The van der Waals surface area contributed by atoms with Gasteiger partial charge in [0.05, 0.1) is 12.8 Å². The summed E-state index contributed by atoms with van der Waals surface area (Å²) in [4.78, 5) is 17.3. The molecule has 6 nitrogen and oxygen atoms in total. The average molecular weight is 232 g/mol. The van der Waals surface area contributed by atoms with Crippen molar-refractivity contribution >= 4 is 11.6 Å². The molecular weight excluding hydrogens is 220 g/mol. The first-order chi connectivity index (χ1) is 8.24. The lowest BCUT2D eigenvalue weighted by Crippen LogP contribution is -2.27. The summed E-state index contributed by atoms with van der Waals surface area (Å²) >= 11 is 0. The van der Waals surface area contributed by atoms with E-state index in [-0.39, 0.29) is 11.7 Å². The van der Waals surface area contributed by atoms with E-state index in [9.17, 15) is 4.79 Å². The minimum absolute atomic E-state index is 0.193. The maximum Gasteiger partial charge on any atom is 0.295 e. The third-order valence-electron chi connectivity index (χ3n) is 2.37. The summed E-state index contributed by atoms with van der Waals surface area (Å²) in [5.74, 6) is 0.549. The number of amides is 1. The lowest BCUT2D eigenvalue weighted by Gasteiger charge is -2.18. The summed E-state index contributed by atoms with van der Waals surface area (Å²) in [5, 5.41) is 6.18. The van der Waals surface area contributed by atoms with Crippen molar-refractivity contribution in [2.75, 3.05) is 19.1 Å². The molecule has 1 N–H and O–H groups in total. The van der Waals surface area contributed by atoms with Gasteiger partial charge < -0.3 is 9.64 Å². The Morgan fingerprint density at radius 3 is 2.82 bits per heavy atom. The second-order valence-electron chi connectivity index (χ2n) is 3.37. The fourth-order valence-corrected chi connectivity index (χ4v) is 1.48. The summed E-state index contributed by atoms with van der Waals surface area (Å²) in [6.07, 6.45) is 1.29. The SMILES string of the molecule is COc1ccccc1N(C)C(=O)c1ncn[nH]1. The minimum Gasteiger partial charge on any atom is -0.495 e. The number of aromatic nitrogens is 3. The molecule has 2 aromatic rings. The summed E-state index contributed by atoms with van der Waals surface area (Å²) in [6, 6.07) is 7.27. The monoisotopic (exact) mass is 232 g/mol. The highest BCUT2D eigenvalue weighted by molar-refractivity contribution is 6.03. The molecule has 0 saturated carbocycles. The maximum absolute atomic E-state index is 12.0. The molecule has 0 radical (unpaired) electrons. The van der Waals surface area contributed by atoms with Gasteiger partial charge in [0.2, 0.25) is 5.82 Å². The summed E-state index contributed by atoms with van der Waals surface area (Å²) < 4.78 is 5.19. The number of carbonyl (C=O) groups is 1. The van der Waals surface area contributed by atoms with Gasteiger partial charge in [-0.1, -0.05) is 12.1 Å². The Morgan fingerprint density at radius 1 is 1.41 bits per heavy atom. The summed E-state index contributed by atoms with van der Waals surface area (Å²) in [7, 11) is 3.22. The first kappa shape index (κ1) is 11.1. The van der Waals surface area contributed by atoms with E-state index in [2.05, 4.69) is 15.2 Å². The Labute approximate surface area is 98.2 Å². The van der Waals surface area contributed by atoms with Gasteiger partial charge in [-0.3, -0.25) is 9.89 Å². The highest BCUT2D eigenvalue weighted by Gasteiger charge is 2.18. The third-order valence-corrected chi connectivity index (χ3v) is 2.37. The number of hydrogen-bond acceptors (Lipinski definition) is 4. The first-order valence-electron chi connectivity index (χ1n) is 5.00. The molecule has 1 aromatic carbocycles. The molecule has 0 unspecified atom stereocenters. The Bertz CT molecular complexity index is 510. The van der Waals surface area contributed by atoms with Crippen LogP contribution in [0.25, 0.3) is 0 Å². The van der Waals surface area contributed by atoms with Gasteiger partial charge in [-0.2, -0.15) is 5.10 Å². The van der Waals surface area contributed by atoms with Crippen LogP contribution in [0.3, 0.4) is 0 Å². The topological polar surface area (TPSA) is 71.1 Å². The number of benzene rings is 1. The van der Waals surface area contributed by atoms with Gasteiger partial charge in [0.15, 0.2) is 0 Å². The van der Waals surface area contributed by atoms with Crippen molar-refractivity contribution in [2.45, 2.75) is 0 Å². The number of carbonyl (C=O) groups excluding carboxylic acids is 1. The zero-order chi connectivity index (χ0) is 12.3. The molecule has 0 saturated heterocycles. The maximum atomic E-state index is 12.0. The lowest BCUT2D eigenvalue weighted by molar-refractivity contribution is 0.0983. The van der Waals surface area contributed by atoms with E-state index in [0.29, 0.717) is 11.4 Å². The van der Waals surface area contributed by atoms with Crippen molar-refractivity contribution in [3.63, 3.8) is 0 Å². The van der Waals surface area contributed by atoms with Gasteiger partial charge in [0.25, 0.3) is 5.91 Å². The molecule has 0 aliphatic carbocycles. The van der Waals surface area contributed by atoms with Crippen LogP contribution < -0.4 is 9.64 Å². The second-order valence-corrected chi connectivity index (χ2v) is 3.37. The number of para-hydroxylation sites is 2. The number of hydrogen-bond donors (Lipinski definition) is 1. The quantitative estimate of drug-likeness (QED) is 0.859. The number of ether oxygens (including phenoxy) is 1. The standard InChI is InChI=1S/C11H12N4O2/c1-15(11(16)10-12-7-13-14-10)8-5-3-4-6-9(8)17-2/h3-7H,1-2H3,(H,12,13,14). The van der Waals surface area contributed by atoms with Gasteiger partial charge in [-0.15, -0.1) is 0 Å². The summed E-state index contributed by atoms with van der Waals surface area (Å²) in [6.45, 7) is 0. The van der Waals surface area contributed by atoms with Crippen molar-refractivity contribution in [3.05, 3.63) is 36.4 Å². The molecule has 0 aliphatic rings. The van der Waals surface area contributed by atoms with Crippen LogP contribution in [0, 0.1) is 0 Å². The van der Waals surface area contributed by atoms with E-state index in [1.807, 2.05) is 12.1 Å². The zero-order valence-corrected chi connectivity index (χ0v) is 9.54. The van der Waals surface area contributed by atoms with Crippen LogP contribution in [0.1, 0.15) is 10.6 Å². The third kappa shape index (κ3) is 2.10. The van der Waals surface area contributed by atoms with E-state index in [0.717, 1.165) is 0 Å². The first-order valence-corrected chi connectivity index (χ1v) is 5.00. The van der Waals surface area contributed by atoms with Crippen molar-refractivity contribution < 1.29 is 9.53 Å². The predicted molar refractivity (Wildman–Crippen MR) is 62.1 cm³/mol. The average Bonchev–Trinajstić information content (AvgIpc) is 2.90. The molecule has 0 fully saturated rings. The van der Waals surface area contributed by atoms with Gasteiger partial charge in [-0.05, 0) is 12.1 Å². The molecule has 1 aromatic heterocycles. The second kappa shape index (κ2) is 4.65. The Morgan fingerprint density at radius 2 is 2.18 bits per heavy atom. The molecule has 0 bridgehead atoms. The van der Waals surface area contributed by atoms with E-state index in [1.54, 1.807) is 26.3 Å². The number of aromatic amines is 1. The number of methoxy groups -OCH3 is 1. The van der Waals surface area contributed by atoms with Gasteiger partial charge in [0, 0.05) is 7.05 Å². The molecule has 1 heterocycles. The highest BCUT2D eigenvalue weighted by Crippen LogP contribution is 2.27. The fourth-order valence-electron chi connectivity index (χ4n) is 1.48. The largest absolute Gasteiger partial charge is 0.495 e. The molecule has 0 aliphatic heterocycles. The van der Waals surface area contributed by atoms with Gasteiger partial charge >= 0.3 is 0 Å². The molecule has 17 heavy (non-hydrogen) atoms. The van der Waals surface area contributed by atoms with Crippen LogP contribution >= 0.6 is 0 Å². The van der Waals surface area contributed by atoms with Crippen LogP contribution in [0.2, 0.25) is 0 Å². The van der Waals surface area contributed by atoms with Crippen molar-refractivity contribution in [1.82, 2.24) is 15.2 Å². The summed E-state index contributed by atoms with van der Waals surface area (Å²) in [5.41, 5.74) is 0.677. The van der Waals surface area contributed by atoms with Crippen LogP contribution in [-0.2, 0) is 0 Å². The van der Waals surface area contributed by atoms with Crippen LogP contribution in [0.5, 0.6) is 5.75 Å². The molecule has 0 spiro atoms. The van der Waals surface area contributed by atoms with E-state index >= 15 is 0 Å². The van der Waals surface area contributed by atoms with Gasteiger partial charge in [0.1, 0.15) is 12.1 Å². The van der Waals surface area contributed by atoms with Crippen LogP contribution in [0.4, 0.5) is 5.69 Å². The minimum atomic E-state index is -0.271. The number of H-pyrrole nitrogens is 1. The molecule has 6 heteroatoms. The normalized spacial score (nSPS) is 10.0. The smallest absolute Gasteiger partial charge is 0.295 e. The molecular formula is C11H12N4O2. The Balaban J connectivity index is 2.31. The van der Waals surface area contributed by atoms with E-state index in [4.69, 9.17) is 4.74 Å². The highest BCUT2D eigenvalue weighted by atomic mass is 16.5. The van der Waals surface area contributed by atoms with Crippen molar-refractivity contribution in [1.29, 1.82) is 0 Å². The van der Waals surface area contributed by atoms with Crippen molar-refractivity contribution in [2.24, 2.45) is 0 Å². The zero-order valence-electron chi connectivity index (χ0n) is 9.54. The molecule has 2 rings (SSSR count). The van der Waals surface area contributed by atoms with Gasteiger partial charge in [-0.25, -0.2) is 4.98 Å². The number of nitrogens with zero attached hydrogens (tertiary/aromatic N) is 3. The molecule has 1 amide bonds. The number of nitrogens with one attached hydrogen (secondary N) is 1. The fraction of sp³-hybridized carbons (Fsp3) is 0.182. The van der Waals surface area contributed by atoms with Crippen molar-refractivity contribution in [3.8, 4) is 5.75 Å². The van der Waals surface area contributed by atoms with Crippen LogP contribution in [-0.4, -0.2) is 35.2 Å². The van der Waals surface area contributed by atoms with Crippen LogP contribution in [0.15, 0.2) is 30.6 Å². The van der Waals surface area contributed by atoms with E-state index < -0.39 is 0 Å². The molecule has 88 valence electrons. The Kier molecular flexibility index (Phi) is 3.04. The Hall–Kier alpha value is -2.37. The number of anilines is 1. The van der Waals surface area contributed by atoms with E-state index in [1.165, 1.54) is 11.2 Å². The predicted octanol–water partition coefficient (Wildman–Crippen LogP) is 1.09. The molecule has 0 atom stereocenters. The number of rotatable bonds is 3.